The highest BCUT2D eigenvalue weighted by molar-refractivity contribution is 5.23. The van der Waals surface area contributed by atoms with E-state index in [4.69, 9.17) is 9.26 Å². The Bertz CT molecular complexity index is 580. The van der Waals surface area contributed by atoms with E-state index in [-0.39, 0.29) is 18.4 Å². The lowest BCUT2D eigenvalue weighted by Gasteiger charge is -2.09. The lowest BCUT2D eigenvalue weighted by molar-refractivity contribution is 0.270. The van der Waals surface area contributed by atoms with Crippen LogP contribution in [-0.4, -0.2) is 16.7 Å². The zero-order valence-corrected chi connectivity index (χ0v) is 11.7. The van der Waals surface area contributed by atoms with E-state index in [9.17, 15) is 4.39 Å². The summed E-state index contributed by atoms with van der Waals surface area (Å²) in [5.74, 6) is 0.812. The molecule has 0 spiro atoms. The molecule has 112 valence electrons. The van der Waals surface area contributed by atoms with Crippen molar-refractivity contribution in [3.05, 3.63) is 41.8 Å². The molecule has 3 rings (SSSR count). The van der Waals surface area contributed by atoms with Crippen LogP contribution in [0.3, 0.4) is 0 Å². The molecule has 1 aliphatic rings. The molecule has 21 heavy (non-hydrogen) atoms. The zero-order valence-electron chi connectivity index (χ0n) is 11.7. The molecule has 6 heteroatoms. The lowest BCUT2D eigenvalue weighted by Crippen LogP contribution is -2.20. The van der Waals surface area contributed by atoms with Crippen LogP contribution in [0, 0.1) is 5.82 Å². The second-order valence-electron chi connectivity index (χ2n) is 5.12. The van der Waals surface area contributed by atoms with Gasteiger partial charge in [0.05, 0.1) is 6.04 Å². The molecule has 0 saturated carbocycles. The van der Waals surface area contributed by atoms with E-state index in [0.717, 1.165) is 19.4 Å². The van der Waals surface area contributed by atoms with E-state index < -0.39 is 5.82 Å². The zero-order chi connectivity index (χ0) is 14.5. The highest BCUT2D eigenvalue weighted by Gasteiger charge is 2.20. The Kier molecular flexibility index (Phi) is 4.45. The predicted molar refractivity (Wildman–Crippen MR) is 74.2 cm³/mol. The number of aromatic nitrogens is 2. The Morgan fingerprint density at radius 2 is 2.19 bits per heavy atom. The third kappa shape index (κ3) is 3.58. The first-order valence-corrected chi connectivity index (χ1v) is 7.26. The summed E-state index contributed by atoms with van der Waals surface area (Å²) in [6, 6.07) is 6.37. The molecule has 2 aromatic rings. The molecule has 1 aromatic heterocycles. The van der Waals surface area contributed by atoms with Crippen LogP contribution in [0.4, 0.5) is 4.39 Å². The van der Waals surface area contributed by atoms with Crippen molar-refractivity contribution in [1.82, 2.24) is 15.5 Å². The first-order valence-electron chi connectivity index (χ1n) is 7.26. The number of benzene rings is 1. The quantitative estimate of drug-likeness (QED) is 0.938. The molecule has 0 radical (unpaired) electrons. The molecule has 1 saturated heterocycles. The largest absolute Gasteiger partial charge is 0.482 e. The van der Waals surface area contributed by atoms with Crippen molar-refractivity contribution >= 4 is 0 Å². The van der Waals surface area contributed by atoms with E-state index in [1.54, 1.807) is 18.2 Å². The van der Waals surface area contributed by atoms with Crippen molar-refractivity contribution in [2.75, 3.05) is 6.54 Å². The number of ether oxygens (including phenoxy) is 1. The van der Waals surface area contributed by atoms with Gasteiger partial charge in [0.25, 0.3) is 0 Å². The van der Waals surface area contributed by atoms with Gasteiger partial charge in [0, 0.05) is 0 Å². The van der Waals surface area contributed by atoms with Gasteiger partial charge in [-0.05, 0) is 31.5 Å². The summed E-state index contributed by atoms with van der Waals surface area (Å²) >= 11 is 0. The van der Waals surface area contributed by atoms with Crippen LogP contribution in [0.25, 0.3) is 0 Å². The smallest absolute Gasteiger partial charge is 0.243 e. The Morgan fingerprint density at radius 3 is 3.10 bits per heavy atom. The van der Waals surface area contributed by atoms with Gasteiger partial charge in [0.2, 0.25) is 11.7 Å². The van der Waals surface area contributed by atoms with Crippen molar-refractivity contribution in [3.8, 4) is 5.75 Å². The van der Waals surface area contributed by atoms with Gasteiger partial charge in [-0.1, -0.05) is 30.1 Å². The van der Waals surface area contributed by atoms with E-state index >= 15 is 0 Å². The summed E-state index contributed by atoms with van der Waals surface area (Å²) in [6.07, 6.45) is 4.55. The second-order valence-corrected chi connectivity index (χ2v) is 5.12. The lowest BCUT2D eigenvalue weighted by atomic mass is 10.1. The molecule has 1 unspecified atom stereocenters. The van der Waals surface area contributed by atoms with E-state index in [0.29, 0.717) is 11.7 Å². The highest BCUT2D eigenvalue weighted by Crippen LogP contribution is 2.22. The monoisotopic (exact) mass is 291 g/mol. The van der Waals surface area contributed by atoms with Crippen LogP contribution in [0.15, 0.2) is 28.8 Å². The summed E-state index contributed by atoms with van der Waals surface area (Å²) in [5, 5.41) is 7.29. The number of halogens is 1. The summed E-state index contributed by atoms with van der Waals surface area (Å²) in [5.41, 5.74) is 0. The molecule has 2 heterocycles. The van der Waals surface area contributed by atoms with Crippen molar-refractivity contribution < 1.29 is 13.7 Å². The average Bonchev–Trinajstić information content (AvgIpc) is 2.80. The Labute approximate surface area is 122 Å². The molecule has 0 aliphatic carbocycles. The van der Waals surface area contributed by atoms with Gasteiger partial charge in [-0.3, -0.25) is 0 Å². The standard InChI is InChI=1S/C15H18FN3O2/c16-11-6-3-4-8-13(11)20-10-14-18-15(21-19-14)12-7-2-1-5-9-17-12/h3-4,6,8,12,17H,1-2,5,7,9-10H2. The topological polar surface area (TPSA) is 60.2 Å². The number of nitrogens with one attached hydrogen (secondary N) is 1. The van der Waals surface area contributed by atoms with Crippen molar-refractivity contribution in [1.29, 1.82) is 0 Å². The van der Waals surface area contributed by atoms with Gasteiger partial charge >= 0.3 is 0 Å². The molecule has 0 bridgehead atoms. The minimum Gasteiger partial charge on any atom is -0.482 e. The summed E-state index contributed by atoms with van der Waals surface area (Å²) in [4.78, 5) is 4.33. The van der Waals surface area contributed by atoms with Gasteiger partial charge in [0.15, 0.2) is 18.2 Å². The van der Waals surface area contributed by atoms with E-state index in [1.165, 1.54) is 18.9 Å². The van der Waals surface area contributed by atoms with Crippen LogP contribution in [-0.2, 0) is 6.61 Å². The maximum Gasteiger partial charge on any atom is 0.243 e. The second kappa shape index (κ2) is 6.67. The summed E-state index contributed by atoms with van der Waals surface area (Å²) in [7, 11) is 0. The first kappa shape index (κ1) is 14.0. The van der Waals surface area contributed by atoms with Gasteiger partial charge in [0.1, 0.15) is 0 Å². The van der Waals surface area contributed by atoms with Crippen molar-refractivity contribution in [2.45, 2.75) is 38.3 Å². The summed E-state index contributed by atoms with van der Waals surface area (Å²) < 4.78 is 24.1. The Balaban J connectivity index is 1.61. The summed E-state index contributed by atoms with van der Waals surface area (Å²) in [6.45, 7) is 1.06. The van der Waals surface area contributed by atoms with Crippen molar-refractivity contribution in [2.24, 2.45) is 0 Å². The molecule has 1 aromatic carbocycles. The molecule has 1 aliphatic heterocycles. The maximum absolute atomic E-state index is 13.4. The van der Waals surface area contributed by atoms with E-state index in [1.807, 2.05) is 0 Å². The molecule has 0 amide bonds. The third-order valence-corrected chi connectivity index (χ3v) is 3.54. The van der Waals surface area contributed by atoms with Gasteiger partial charge < -0.3 is 14.6 Å². The van der Waals surface area contributed by atoms with Gasteiger partial charge in [-0.15, -0.1) is 0 Å². The number of para-hydroxylation sites is 1. The molecule has 1 fully saturated rings. The normalized spacial score (nSPS) is 19.2. The molecular weight excluding hydrogens is 273 g/mol. The fourth-order valence-electron chi connectivity index (χ4n) is 2.41. The van der Waals surface area contributed by atoms with Crippen LogP contribution in [0.5, 0.6) is 5.75 Å². The fourth-order valence-corrected chi connectivity index (χ4v) is 2.41. The average molecular weight is 291 g/mol. The highest BCUT2D eigenvalue weighted by atomic mass is 19.1. The SMILES string of the molecule is Fc1ccccc1OCc1noc(C2CCCCCN2)n1. The fraction of sp³-hybridized carbons (Fsp3) is 0.467. The number of hydrogen-bond acceptors (Lipinski definition) is 5. The van der Waals surface area contributed by atoms with Crippen LogP contribution >= 0.6 is 0 Å². The Hall–Kier alpha value is -1.95. The maximum atomic E-state index is 13.4. The molecule has 1 atom stereocenters. The van der Waals surface area contributed by atoms with Crippen molar-refractivity contribution in [3.63, 3.8) is 0 Å². The number of hydrogen-bond donors (Lipinski definition) is 1. The van der Waals surface area contributed by atoms with Crippen LogP contribution in [0.1, 0.15) is 43.4 Å². The predicted octanol–water partition coefficient (Wildman–Crippen LogP) is 2.99. The number of rotatable bonds is 4. The first-order chi connectivity index (χ1) is 10.3. The molecule has 1 N–H and O–H groups in total. The number of nitrogens with zero attached hydrogens (tertiary/aromatic N) is 2. The Morgan fingerprint density at radius 1 is 1.29 bits per heavy atom. The van der Waals surface area contributed by atoms with Crippen LogP contribution < -0.4 is 10.1 Å². The minimum absolute atomic E-state index is 0.0944. The molecular formula is C15H18FN3O2. The third-order valence-electron chi connectivity index (χ3n) is 3.54. The minimum atomic E-state index is -0.397. The van der Waals surface area contributed by atoms with Gasteiger partial charge in [-0.25, -0.2) is 4.39 Å². The molecule has 5 nitrogen and oxygen atoms in total. The van der Waals surface area contributed by atoms with Crippen LogP contribution in [0.2, 0.25) is 0 Å². The van der Waals surface area contributed by atoms with E-state index in [2.05, 4.69) is 15.5 Å². The van der Waals surface area contributed by atoms with Gasteiger partial charge in [-0.2, -0.15) is 4.98 Å².